The highest BCUT2D eigenvalue weighted by atomic mass is 16.6. The summed E-state index contributed by atoms with van der Waals surface area (Å²) in [7, 11) is 0. The predicted molar refractivity (Wildman–Crippen MR) is 133 cm³/mol. The quantitative estimate of drug-likeness (QED) is 0.409. The summed E-state index contributed by atoms with van der Waals surface area (Å²) in [6.07, 6.45) is 0.934. The molecule has 0 bridgehead atoms. The molecule has 1 aliphatic heterocycles. The van der Waals surface area contributed by atoms with Crippen molar-refractivity contribution in [3.8, 4) is 0 Å². The molecule has 3 aromatic carbocycles. The fourth-order valence-corrected chi connectivity index (χ4v) is 4.59. The minimum absolute atomic E-state index is 0.317. The second kappa shape index (κ2) is 8.13. The smallest absolute Gasteiger partial charge is 0.409 e. The lowest BCUT2D eigenvalue weighted by molar-refractivity contribution is -0.123. The first kappa shape index (κ1) is 22.4. The normalized spacial score (nSPS) is 17.9. The largest absolute Gasteiger partial charge is 0.444 e. The van der Waals surface area contributed by atoms with Crippen LogP contribution in [0.3, 0.4) is 0 Å². The summed E-state index contributed by atoms with van der Waals surface area (Å²) in [6, 6.07) is 23.1. The minimum Gasteiger partial charge on any atom is -0.444 e. The molecule has 7 heteroatoms. The number of ether oxygens (including phenoxy) is 1. The van der Waals surface area contributed by atoms with Crippen molar-refractivity contribution in [1.82, 2.24) is 10.3 Å². The molecule has 35 heavy (non-hydrogen) atoms. The molecule has 1 aromatic heterocycles. The van der Waals surface area contributed by atoms with Crippen LogP contribution >= 0.6 is 0 Å². The Labute approximate surface area is 202 Å². The van der Waals surface area contributed by atoms with E-state index in [1.54, 1.807) is 75.5 Å². The molecule has 0 unspecified atom stereocenters. The van der Waals surface area contributed by atoms with E-state index in [-0.39, 0.29) is 0 Å². The molecule has 4 aromatic rings. The van der Waals surface area contributed by atoms with Crippen LogP contribution in [-0.4, -0.2) is 28.5 Å². The molecule has 0 saturated heterocycles. The number of carbonyl (C=O) groups is 3. The zero-order chi connectivity index (χ0) is 24.8. The number of anilines is 1. The second-order valence-electron chi connectivity index (χ2n) is 9.45. The van der Waals surface area contributed by atoms with Crippen LogP contribution in [0.5, 0.6) is 0 Å². The molecule has 1 aliphatic rings. The Morgan fingerprint density at radius 2 is 1.54 bits per heavy atom. The van der Waals surface area contributed by atoms with E-state index in [9.17, 15) is 14.4 Å². The third-order valence-electron chi connectivity index (χ3n) is 5.98. The summed E-state index contributed by atoms with van der Waals surface area (Å²) < 4.78 is 5.59. The van der Waals surface area contributed by atoms with Crippen LogP contribution in [0.25, 0.3) is 10.9 Å². The number of amides is 3. The molecule has 0 fully saturated rings. The van der Waals surface area contributed by atoms with Crippen molar-refractivity contribution in [2.24, 2.45) is 0 Å². The highest BCUT2D eigenvalue weighted by Gasteiger charge is 2.55. The molecule has 5 rings (SSSR count). The van der Waals surface area contributed by atoms with Crippen LogP contribution in [-0.2, 0) is 15.1 Å². The van der Waals surface area contributed by atoms with Crippen LogP contribution in [0.1, 0.15) is 42.3 Å². The fraction of sp³-hybridized carbons (Fsp3) is 0.179. The number of aromatic nitrogens is 1. The Balaban J connectivity index is 1.82. The minimum atomic E-state index is -1.72. The summed E-state index contributed by atoms with van der Waals surface area (Å²) in [4.78, 5) is 45.7. The number of imide groups is 1. The summed E-state index contributed by atoms with van der Waals surface area (Å²) >= 11 is 0. The van der Waals surface area contributed by atoms with Gasteiger partial charge >= 0.3 is 6.09 Å². The van der Waals surface area contributed by atoms with E-state index in [2.05, 4.69) is 10.3 Å². The third kappa shape index (κ3) is 3.65. The maximum absolute atomic E-state index is 14.5. The standard InChI is InChI=1S/C28H25N3O4/c1-27(2,3)35-26(34)30-28(22-17-29-23-16-10-8-13-19(22)23)21-15-9-7-14-20(21)24(32)31(25(28)33)18-11-5-4-6-12-18/h4-17,29H,1-3H3,(H,30,34)/t28-/m0/s1. The molecule has 1 atom stereocenters. The van der Waals surface area contributed by atoms with Crippen LogP contribution in [0.2, 0.25) is 0 Å². The van der Waals surface area contributed by atoms with Gasteiger partial charge in [-0.3, -0.25) is 14.9 Å². The van der Waals surface area contributed by atoms with Crippen molar-refractivity contribution in [1.29, 1.82) is 0 Å². The summed E-state index contributed by atoms with van der Waals surface area (Å²) in [6.45, 7) is 5.25. The Kier molecular flexibility index (Phi) is 5.20. The average Bonchev–Trinajstić information content (AvgIpc) is 3.26. The van der Waals surface area contributed by atoms with Gasteiger partial charge in [0.1, 0.15) is 5.60 Å². The lowest BCUT2D eigenvalue weighted by Gasteiger charge is -2.42. The predicted octanol–water partition coefficient (Wildman–Crippen LogP) is 5.12. The van der Waals surface area contributed by atoms with Gasteiger partial charge in [0.05, 0.1) is 5.69 Å². The van der Waals surface area contributed by atoms with Gasteiger partial charge in [-0.15, -0.1) is 0 Å². The van der Waals surface area contributed by atoms with Crippen molar-refractivity contribution in [3.63, 3.8) is 0 Å². The SMILES string of the molecule is CC(C)(C)OC(=O)N[C@@]1(c2c[nH]c3ccccc23)C(=O)N(c2ccccc2)C(=O)c2ccccc21. The maximum Gasteiger partial charge on any atom is 0.409 e. The molecular formula is C28H25N3O4. The van der Waals surface area contributed by atoms with Gasteiger partial charge in [-0.25, -0.2) is 9.69 Å². The van der Waals surface area contributed by atoms with Crippen LogP contribution in [0.15, 0.2) is 85.1 Å². The fourth-order valence-electron chi connectivity index (χ4n) is 4.59. The van der Waals surface area contributed by atoms with Gasteiger partial charge in [0, 0.05) is 33.8 Å². The van der Waals surface area contributed by atoms with Gasteiger partial charge in [0.25, 0.3) is 11.8 Å². The summed E-state index contributed by atoms with van der Waals surface area (Å²) in [5.41, 5.74) is -0.0895. The lowest BCUT2D eigenvalue weighted by Crippen LogP contribution is -2.63. The number of rotatable bonds is 3. The van der Waals surface area contributed by atoms with Crippen molar-refractivity contribution in [3.05, 3.63) is 102 Å². The number of aromatic amines is 1. The number of para-hydroxylation sites is 2. The maximum atomic E-state index is 14.5. The zero-order valence-electron chi connectivity index (χ0n) is 19.7. The summed E-state index contributed by atoms with van der Waals surface area (Å²) in [5.74, 6) is -1.05. The highest BCUT2D eigenvalue weighted by Crippen LogP contribution is 2.43. The number of alkyl carbamates (subject to hydrolysis) is 1. The average molecular weight is 468 g/mol. The van der Waals surface area contributed by atoms with Crippen molar-refractivity contribution in [2.45, 2.75) is 31.9 Å². The van der Waals surface area contributed by atoms with E-state index in [0.717, 1.165) is 15.8 Å². The highest BCUT2D eigenvalue weighted by molar-refractivity contribution is 6.29. The molecule has 2 N–H and O–H groups in total. The number of fused-ring (bicyclic) bond motifs is 2. The molecule has 176 valence electrons. The third-order valence-corrected chi connectivity index (χ3v) is 5.98. The Hall–Kier alpha value is -4.39. The van der Waals surface area contributed by atoms with Gasteiger partial charge in [-0.05, 0) is 45.0 Å². The second-order valence-corrected chi connectivity index (χ2v) is 9.45. The molecule has 0 saturated carbocycles. The number of H-pyrrole nitrogens is 1. The number of hydrogen-bond acceptors (Lipinski definition) is 4. The first-order valence-electron chi connectivity index (χ1n) is 11.3. The zero-order valence-corrected chi connectivity index (χ0v) is 19.7. The Bertz CT molecular complexity index is 1450. The Morgan fingerprint density at radius 1 is 0.886 bits per heavy atom. The first-order chi connectivity index (χ1) is 16.7. The van der Waals surface area contributed by atoms with E-state index in [4.69, 9.17) is 4.74 Å². The van der Waals surface area contributed by atoms with Gasteiger partial charge < -0.3 is 9.72 Å². The van der Waals surface area contributed by atoms with Crippen LogP contribution in [0, 0.1) is 0 Å². The molecule has 2 heterocycles. The van der Waals surface area contributed by atoms with Crippen molar-refractivity contribution < 1.29 is 19.1 Å². The number of carbonyl (C=O) groups excluding carboxylic acids is 3. The van der Waals surface area contributed by atoms with Crippen LogP contribution in [0.4, 0.5) is 10.5 Å². The van der Waals surface area contributed by atoms with Crippen molar-refractivity contribution in [2.75, 3.05) is 4.90 Å². The van der Waals surface area contributed by atoms with Crippen molar-refractivity contribution >= 4 is 34.5 Å². The first-order valence-corrected chi connectivity index (χ1v) is 11.3. The number of benzene rings is 3. The lowest BCUT2D eigenvalue weighted by atomic mass is 9.76. The van der Waals surface area contributed by atoms with E-state index < -0.39 is 29.0 Å². The molecule has 0 spiro atoms. The van der Waals surface area contributed by atoms with Gasteiger partial charge in [0.15, 0.2) is 5.54 Å². The van der Waals surface area contributed by atoms with Crippen LogP contribution < -0.4 is 10.2 Å². The molecule has 7 nitrogen and oxygen atoms in total. The monoisotopic (exact) mass is 467 g/mol. The number of nitrogens with one attached hydrogen (secondary N) is 2. The van der Waals surface area contributed by atoms with Gasteiger partial charge in [-0.1, -0.05) is 54.6 Å². The Morgan fingerprint density at radius 3 is 2.29 bits per heavy atom. The molecular weight excluding hydrogens is 442 g/mol. The molecule has 0 radical (unpaired) electrons. The number of hydrogen-bond donors (Lipinski definition) is 2. The van der Waals surface area contributed by atoms with Gasteiger partial charge in [0.2, 0.25) is 0 Å². The molecule has 3 amide bonds. The van der Waals surface area contributed by atoms with Gasteiger partial charge in [-0.2, -0.15) is 0 Å². The molecule has 0 aliphatic carbocycles. The van der Waals surface area contributed by atoms with E-state index in [1.807, 2.05) is 30.3 Å². The topological polar surface area (TPSA) is 91.5 Å². The number of nitrogens with zero attached hydrogens (tertiary/aromatic N) is 1. The summed E-state index contributed by atoms with van der Waals surface area (Å²) in [5, 5.41) is 3.63. The van der Waals surface area contributed by atoms with E-state index in [1.165, 1.54) is 0 Å². The van der Waals surface area contributed by atoms with E-state index >= 15 is 0 Å². The van der Waals surface area contributed by atoms with E-state index in [0.29, 0.717) is 22.4 Å².